The van der Waals surface area contributed by atoms with Crippen LogP contribution in [0.4, 0.5) is 18.9 Å². The quantitative estimate of drug-likeness (QED) is 0.515. The Hall–Kier alpha value is -1.52. The molecular weight excluding hydrogens is 423 g/mol. The number of halogens is 3. The number of ether oxygens (including phenoxy) is 2. The van der Waals surface area contributed by atoms with Gasteiger partial charge in [0.05, 0.1) is 13.2 Å². The summed E-state index contributed by atoms with van der Waals surface area (Å²) in [5.41, 5.74) is -2.86. The van der Waals surface area contributed by atoms with E-state index in [1.165, 1.54) is 6.07 Å². The molecule has 0 N–H and O–H groups in total. The van der Waals surface area contributed by atoms with Crippen molar-refractivity contribution in [2.45, 2.75) is 61.7 Å². The molecule has 1 aromatic rings. The second-order valence-electron chi connectivity index (χ2n) is 8.54. The first-order chi connectivity index (χ1) is 14.2. The van der Waals surface area contributed by atoms with Crippen LogP contribution < -0.4 is 9.08 Å². The molecular formula is C20H24F3NO5S. The van der Waals surface area contributed by atoms with Gasteiger partial charge in [-0.2, -0.15) is 21.6 Å². The molecule has 5 aliphatic rings. The lowest BCUT2D eigenvalue weighted by molar-refractivity contribution is -0.169. The summed E-state index contributed by atoms with van der Waals surface area (Å²) >= 11 is 0. The highest BCUT2D eigenvalue weighted by molar-refractivity contribution is 7.88. The van der Waals surface area contributed by atoms with Gasteiger partial charge >= 0.3 is 15.6 Å². The number of piperidine rings is 1. The van der Waals surface area contributed by atoms with Crippen molar-refractivity contribution in [2.75, 3.05) is 31.2 Å². The molecule has 2 aliphatic heterocycles. The fourth-order valence-electron chi connectivity index (χ4n) is 5.51. The Bertz CT molecular complexity index is 924. The maximum absolute atomic E-state index is 12.9. The van der Waals surface area contributed by atoms with Gasteiger partial charge in [0.25, 0.3) is 0 Å². The van der Waals surface area contributed by atoms with Gasteiger partial charge in [0, 0.05) is 37.2 Å². The molecule has 0 unspecified atom stereocenters. The molecule has 1 saturated carbocycles. The second-order valence-corrected chi connectivity index (χ2v) is 10.1. The van der Waals surface area contributed by atoms with Crippen molar-refractivity contribution >= 4 is 15.8 Å². The first-order valence-electron chi connectivity index (χ1n) is 10.4. The van der Waals surface area contributed by atoms with Crippen molar-refractivity contribution in [3.8, 4) is 5.75 Å². The molecule has 2 bridgehead atoms. The van der Waals surface area contributed by atoms with E-state index in [0.717, 1.165) is 49.8 Å². The second kappa shape index (κ2) is 7.00. The minimum Gasteiger partial charge on any atom is -0.376 e. The summed E-state index contributed by atoms with van der Waals surface area (Å²) in [5.74, 6) is -0.441. The van der Waals surface area contributed by atoms with E-state index in [9.17, 15) is 21.6 Å². The largest absolute Gasteiger partial charge is 0.534 e. The Morgan fingerprint density at radius 2 is 1.53 bits per heavy atom. The molecule has 0 radical (unpaired) electrons. The average Bonchev–Trinajstić information content (AvgIpc) is 3.17. The van der Waals surface area contributed by atoms with E-state index in [2.05, 4.69) is 9.08 Å². The van der Waals surface area contributed by atoms with Gasteiger partial charge in [-0.3, -0.25) is 0 Å². The Morgan fingerprint density at radius 3 is 2.10 bits per heavy atom. The molecule has 3 aliphatic carbocycles. The fraction of sp³-hybridized carbons (Fsp3) is 0.700. The Labute approximate surface area is 173 Å². The van der Waals surface area contributed by atoms with Crippen LogP contribution in [0.3, 0.4) is 0 Å². The lowest BCUT2D eigenvalue weighted by Crippen LogP contribution is -2.45. The van der Waals surface area contributed by atoms with Gasteiger partial charge in [0.15, 0.2) is 5.79 Å². The highest BCUT2D eigenvalue weighted by atomic mass is 32.2. The molecule has 10 heteroatoms. The molecule has 0 atom stereocenters. The summed E-state index contributed by atoms with van der Waals surface area (Å²) in [6.07, 6.45) is 5.05. The normalized spacial score (nSPS) is 28.0. The molecule has 166 valence electrons. The van der Waals surface area contributed by atoms with Gasteiger partial charge in [0.2, 0.25) is 0 Å². The van der Waals surface area contributed by atoms with Crippen LogP contribution >= 0.6 is 0 Å². The van der Waals surface area contributed by atoms with Gasteiger partial charge in [0.1, 0.15) is 5.75 Å². The number of rotatable bonds is 3. The van der Waals surface area contributed by atoms with Gasteiger partial charge in [-0.15, -0.1) is 0 Å². The van der Waals surface area contributed by atoms with Gasteiger partial charge in [-0.05, 0) is 55.2 Å². The predicted octanol–water partition coefficient (Wildman–Crippen LogP) is 4.01. The fourth-order valence-corrected chi connectivity index (χ4v) is 5.99. The number of nitrogens with zero attached hydrogens (tertiary/aromatic N) is 1. The first kappa shape index (κ1) is 20.4. The third kappa shape index (κ3) is 3.27. The van der Waals surface area contributed by atoms with Gasteiger partial charge in [-0.1, -0.05) is 0 Å². The topological polar surface area (TPSA) is 65.1 Å². The van der Waals surface area contributed by atoms with Crippen LogP contribution in [0.15, 0.2) is 12.1 Å². The van der Waals surface area contributed by atoms with E-state index < -0.39 is 21.4 Å². The van der Waals surface area contributed by atoms with Crippen LogP contribution in [-0.2, 0) is 19.6 Å². The number of fused-ring (bicyclic) bond motifs is 2. The molecule has 1 spiro atoms. The van der Waals surface area contributed by atoms with E-state index in [4.69, 9.17) is 9.47 Å². The van der Waals surface area contributed by atoms with Gasteiger partial charge in [-0.25, -0.2) is 0 Å². The van der Waals surface area contributed by atoms with Crippen molar-refractivity contribution in [3.05, 3.63) is 23.3 Å². The number of hydrogen-bond donors (Lipinski definition) is 0. The SMILES string of the molecule is O=S(=O)(Oc1ccc(N2CCC3(CC2)OCCO3)c2c1C1CCC2CC1)C(F)(F)F. The summed E-state index contributed by atoms with van der Waals surface area (Å²) in [6.45, 7) is 2.62. The van der Waals surface area contributed by atoms with Crippen LogP contribution in [0.2, 0.25) is 0 Å². The predicted molar refractivity (Wildman–Crippen MR) is 102 cm³/mol. The minimum absolute atomic E-state index is 0.0287. The van der Waals surface area contributed by atoms with E-state index in [0.29, 0.717) is 31.9 Å². The number of alkyl halides is 3. The van der Waals surface area contributed by atoms with Crippen LogP contribution in [-0.4, -0.2) is 46.0 Å². The first-order valence-corrected chi connectivity index (χ1v) is 11.8. The molecule has 30 heavy (non-hydrogen) atoms. The zero-order valence-corrected chi connectivity index (χ0v) is 17.2. The molecule has 0 amide bonds. The highest BCUT2D eigenvalue weighted by Gasteiger charge is 2.50. The summed E-state index contributed by atoms with van der Waals surface area (Å²) in [5, 5.41) is 0. The molecule has 0 aromatic heterocycles. The Morgan fingerprint density at radius 1 is 0.967 bits per heavy atom. The Kier molecular flexibility index (Phi) is 4.75. The lowest BCUT2D eigenvalue weighted by Gasteiger charge is -2.44. The van der Waals surface area contributed by atoms with E-state index in [-0.39, 0.29) is 17.6 Å². The monoisotopic (exact) mass is 447 g/mol. The number of benzene rings is 1. The summed E-state index contributed by atoms with van der Waals surface area (Å²) < 4.78 is 78.3. The third-order valence-electron chi connectivity index (χ3n) is 6.93. The van der Waals surface area contributed by atoms with Crippen LogP contribution in [0.1, 0.15) is 61.5 Å². The van der Waals surface area contributed by atoms with E-state index in [1.807, 2.05) is 0 Å². The molecule has 2 saturated heterocycles. The molecule has 6 nitrogen and oxygen atoms in total. The number of hydrogen-bond acceptors (Lipinski definition) is 6. The number of anilines is 1. The molecule has 6 rings (SSSR count). The van der Waals surface area contributed by atoms with Crippen LogP contribution in [0, 0.1) is 0 Å². The zero-order valence-electron chi connectivity index (χ0n) is 16.4. The standard InChI is InChI=1S/C20H24F3NO5S/c21-20(22,23)30(25,26)29-16-6-5-15(17-13-1-3-14(4-2-13)18(16)17)24-9-7-19(8-10-24)27-11-12-28-19/h5-6,13-14H,1-4,7-12H2. The molecule has 2 heterocycles. The minimum atomic E-state index is -5.70. The van der Waals surface area contributed by atoms with Gasteiger partial charge < -0.3 is 18.6 Å². The van der Waals surface area contributed by atoms with Crippen molar-refractivity contribution in [2.24, 2.45) is 0 Å². The van der Waals surface area contributed by atoms with Crippen molar-refractivity contribution in [3.63, 3.8) is 0 Å². The van der Waals surface area contributed by atoms with E-state index >= 15 is 0 Å². The van der Waals surface area contributed by atoms with Crippen molar-refractivity contribution < 1.29 is 35.2 Å². The van der Waals surface area contributed by atoms with Crippen molar-refractivity contribution in [1.82, 2.24) is 0 Å². The zero-order chi connectivity index (χ0) is 21.1. The van der Waals surface area contributed by atoms with Crippen LogP contribution in [0.5, 0.6) is 5.75 Å². The van der Waals surface area contributed by atoms with E-state index in [1.54, 1.807) is 6.07 Å². The third-order valence-corrected chi connectivity index (χ3v) is 7.90. The summed E-state index contributed by atoms with van der Waals surface area (Å²) in [4.78, 5) is 2.22. The van der Waals surface area contributed by atoms with Crippen LogP contribution in [0.25, 0.3) is 0 Å². The molecule has 1 aromatic carbocycles. The van der Waals surface area contributed by atoms with Crippen molar-refractivity contribution in [1.29, 1.82) is 0 Å². The summed E-state index contributed by atoms with van der Waals surface area (Å²) in [6, 6.07) is 3.11. The maximum atomic E-state index is 12.9. The maximum Gasteiger partial charge on any atom is 0.534 e. The summed E-state index contributed by atoms with van der Waals surface area (Å²) in [7, 11) is -5.70. The average molecular weight is 447 g/mol. The highest BCUT2D eigenvalue weighted by Crippen LogP contribution is 2.56. The smallest absolute Gasteiger partial charge is 0.376 e. The lowest BCUT2D eigenvalue weighted by atomic mass is 9.66. The molecule has 3 fully saturated rings. The Balaban J connectivity index is 1.49.